The van der Waals surface area contributed by atoms with Crippen LogP contribution in [0.25, 0.3) is 0 Å². The zero-order chi connectivity index (χ0) is 21.1. The summed E-state index contributed by atoms with van der Waals surface area (Å²) in [6.07, 6.45) is -0.686. The molecule has 0 aliphatic carbocycles. The lowest BCUT2D eigenvalue weighted by Crippen LogP contribution is -2.23. The van der Waals surface area contributed by atoms with Crippen LogP contribution in [0.5, 0.6) is 11.5 Å². The van der Waals surface area contributed by atoms with Gasteiger partial charge in [-0.2, -0.15) is 0 Å². The number of aliphatic hydroxyl groups is 1. The van der Waals surface area contributed by atoms with Gasteiger partial charge in [0.15, 0.2) is 0 Å². The highest BCUT2D eigenvalue weighted by Gasteiger charge is 2.27. The van der Waals surface area contributed by atoms with Gasteiger partial charge < -0.3 is 19.3 Å². The summed E-state index contributed by atoms with van der Waals surface area (Å²) in [4.78, 5) is 0. The molecule has 28 heavy (non-hydrogen) atoms. The first-order valence-electron chi connectivity index (χ1n) is 8.44. The fourth-order valence-electron chi connectivity index (χ4n) is 2.76. The fraction of sp³-hybridized carbons (Fsp3) is 0.400. The van der Waals surface area contributed by atoms with Crippen LogP contribution >= 0.6 is 63.7 Å². The van der Waals surface area contributed by atoms with E-state index in [0.29, 0.717) is 5.75 Å². The molecule has 4 nitrogen and oxygen atoms in total. The molecule has 2 rings (SSSR count). The Bertz CT molecular complexity index is 793. The van der Waals surface area contributed by atoms with Crippen LogP contribution in [-0.2, 0) is 10.2 Å². The Balaban J connectivity index is 2.37. The molecule has 0 amide bonds. The lowest BCUT2D eigenvalue weighted by atomic mass is 9.78. The summed E-state index contributed by atoms with van der Waals surface area (Å²) in [5.41, 5.74) is 1.94. The molecule has 0 fully saturated rings. The summed E-state index contributed by atoms with van der Waals surface area (Å²) < 4.78 is 19.5. The summed E-state index contributed by atoms with van der Waals surface area (Å²) in [6.45, 7) is 4.68. The summed E-state index contributed by atoms with van der Waals surface area (Å²) >= 11 is 14.4. The molecule has 0 saturated heterocycles. The van der Waals surface area contributed by atoms with Crippen LogP contribution in [-0.4, -0.2) is 38.6 Å². The van der Waals surface area contributed by atoms with Crippen molar-refractivity contribution in [3.05, 3.63) is 53.3 Å². The normalized spacial score (nSPS) is 12.8. The minimum atomic E-state index is -0.686. The quantitative estimate of drug-likeness (QED) is 0.358. The maximum absolute atomic E-state index is 9.82. The van der Waals surface area contributed by atoms with Crippen LogP contribution in [0.1, 0.15) is 25.0 Å². The first-order chi connectivity index (χ1) is 13.1. The van der Waals surface area contributed by atoms with Crippen molar-refractivity contribution >= 4 is 63.7 Å². The van der Waals surface area contributed by atoms with E-state index >= 15 is 0 Å². The van der Waals surface area contributed by atoms with Gasteiger partial charge in [0.05, 0.1) is 31.6 Å². The first-order valence-corrected chi connectivity index (χ1v) is 11.6. The first kappa shape index (κ1) is 24.2. The number of rotatable bonds is 8. The minimum Gasteiger partial charge on any atom is -0.494 e. The van der Waals surface area contributed by atoms with Gasteiger partial charge >= 0.3 is 0 Å². The van der Waals surface area contributed by atoms with Crippen LogP contribution in [0.2, 0.25) is 0 Å². The van der Waals surface area contributed by atoms with E-state index in [9.17, 15) is 5.11 Å². The molecule has 0 aromatic heterocycles. The topological polar surface area (TPSA) is 47.9 Å². The Morgan fingerprint density at radius 3 is 1.64 bits per heavy atom. The van der Waals surface area contributed by atoms with Crippen molar-refractivity contribution in [2.24, 2.45) is 0 Å². The second kappa shape index (κ2) is 10.3. The molecule has 0 saturated carbocycles. The van der Waals surface area contributed by atoms with Gasteiger partial charge in [-0.05, 0) is 99.1 Å². The predicted molar refractivity (Wildman–Crippen MR) is 126 cm³/mol. The smallest absolute Gasteiger partial charge is 0.147 e. The predicted octanol–water partition coefficient (Wildman–Crippen LogP) is 6.46. The standard InChI is InChI=1S/C20H22Br4O4/c1-20(2,11-5-14(21)18(27-4)15(22)6-11)12-7-16(23)19(17(24)8-12)28-10-13(25)9-26-3/h5-8,13,25H,9-10H2,1-4H3. The van der Waals surface area contributed by atoms with Gasteiger partial charge in [-0.1, -0.05) is 13.8 Å². The number of halogens is 4. The Morgan fingerprint density at radius 2 is 1.25 bits per heavy atom. The number of hydrogen-bond donors (Lipinski definition) is 1. The van der Waals surface area contributed by atoms with Crippen LogP contribution in [0.3, 0.4) is 0 Å². The van der Waals surface area contributed by atoms with E-state index in [-0.39, 0.29) is 18.6 Å². The van der Waals surface area contributed by atoms with E-state index in [1.54, 1.807) is 14.2 Å². The molecular weight excluding hydrogens is 624 g/mol. The van der Waals surface area contributed by atoms with Crippen LogP contribution < -0.4 is 9.47 Å². The number of ether oxygens (including phenoxy) is 3. The van der Waals surface area contributed by atoms with Gasteiger partial charge in [-0.15, -0.1) is 0 Å². The number of methoxy groups -OCH3 is 2. The van der Waals surface area contributed by atoms with Crippen LogP contribution in [0.4, 0.5) is 0 Å². The molecule has 0 radical (unpaired) electrons. The molecule has 0 aliphatic rings. The Labute approximate surface area is 199 Å². The number of benzene rings is 2. The fourth-order valence-corrected chi connectivity index (χ4v) is 5.69. The highest BCUT2D eigenvalue weighted by atomic mass is 79.9. The second-order valence-electron chi connectivity index (χ2n) is 6.79. The van der Waals surface area contributed by atoms with Crippen molar-refractivity contribution in [1.29, 1.82) is 0 Å². The number of hydrogen-bond acceptors (Lipinski definition) is 4. The molecular formula is C20H22Br4O4. The molecule has 0 aliphatic heterocycles. The molecule has 0 heterocycles. The molecule has 2 aromatic rings. The molecule has 8 heteroatoms. The third kappa shape index (κ3) is 5.52. The number of aliphatic hydroxyl groups excluding tert-OH is 1. The van der Waals surface area contributed by atoms with E-state index in [0.717, 1.165) is 34.8 Å². The zero-order valence-corrected chi connectivity index (χ0v) is 22.3. The summed E-state index contributed by atoms with van der Waals surface area (Å²) in [7, 11) is 3.19. The van der Waals surface area contributed by atoms with Gasteiger partial charge in [-0.3, -0.25) is 0 Å². The monoisotopic (exact) mass is 642 g/mol. The van der Waals surface area contributed by atoms with Crippen molar-refractivity contribution in [1.82, 2.24) is 0 Å². The van der Waals surface area contributed by atoms with Crippen molar-refractivity contribution in [2.45, 2.75) is 25.4 Å². The summed E-state index contributed by atoms with van der Waals surface area (Å²) in [6, 6.07) is 8.21. The van der Waals surface area contributed by atoms with Gasteiger partial charge in [0.2, 0.25) is 0 Å². The van der Waals surface area contributed by atoms with Crippen LogP contribution in [0.15, 0.2) is 42.2 Å². The van der Waals surface area contributed by atoms with E-state index in [1.165, 1.54) is 0 Å². The Hall–Kier alpha value is -0.120. The second-order valence-corrected chi connectivity index (χ2v) is 10.2. The third-order valence-corrected chi connectivity index (χ3v) is 6.78. The van der Waals surface area contributed by atoms with Crippen molar-refractivity contribution in [2.75, 3.05) is 27.4 Å². The van der Waals surface area contributed by atoms with Crippen molar-refractivity contribution in [3.8, 4) is 11.5 Å². The Kier molecular flexibility index (Phi) is 8.85. The Morgan fingerprint density at radius 1 is 0.821 bits per heavy atom. The van der Waals surface area contributed by atoms with Crippen molar-refractivity contribution < 1.29 is 19.3 Å². The molecule has 0 bridgehead atoms. The average Bonchev–Trinajstić information content (AvgIpc) is 2.60. The maximum Gasteiger partial charge on any atom is 0.147 e. The van der Waals surface area contributed by atoms with E-state index < -0.39 is 6.10 Å². The van der Waals surface area contributed by atoms with Gasteiger partial charge in [0, 0.05) is 12.5 Å². The molecule has 154 valence electrons. The maximum atomic E-state index is 9.82. The summed E-state index contributed by atoms with van der Waals surface area (Å²) in [5, 5.41) is 9.82. The highest BCUT2D eigenvalue weighted by Crippen LogP contribution is 2.43. The zero-order valence-electron chi connectivity index (χ0n) is 16.0. The largest absolute Gasteiger partial charge is 0.494 e. The van der Waals surface area contributed by atoms with Crippen molar-refractivity contribution in [3.63, 3.8) is 0 Å². The van der Waals surface area contributed by atoms with E-state index in [4.69, 9.17) is 14.2 Å². The van der Waals surface area contributed by atoms with Gasteiger partial charge in [-0.25, -0.2) is 0 Å². The SMILES string of the molecule is COCC(O)COc1c(Br)cc(C(C)(C)c2cc(Br)c(OC)c(Br)c2)cc1Br. The minimum absolute atomic E-state index is 0.145. The molecule has 2 aromatic carbocycles. The summed E-state index contributed by atoms with van der Waals surface area (Å²) in [5.74, 6) is 1.41. The highest BCUT2D eigenvalue weighted by molar-refractivity contribution is 9.11. The average molecular weight is 646 g/mol. The molecule has 0 spiro atoms. The van der Waals surface area contributed by atoms with Gasteiger partial charge in [0.25, 0.3) is 0 Å². The lowest BCUT2D eigenvalue weighted by Gasteiger charge is -2.28. The third-order valence-electron chi connectivity index (χ3n) is 4.42. The molecule has 1 atom stereocenters. The van der Waals surface area contributed by atoms with E-state index in [1.807, 2.05) is 12.1 Å². The molecule has 1 unspecified atom stereocenters. The lowest BCUT2D eigenvalue weighted by molar-refractivity contribution is 0.0321. The van der Waals surface area contributed by atoms with Crippen LogP contribution in [0, 0.1) is 0 Å². The molecule has 1 N–H and O–H groups in total. The van der Waals surface area contributed by atoms with Gasteiger partial charge in [0.1, 0.15) is 24.2 Å². The van der Waals surface area contributed by atoms with E-state index in [2.05, 4.69) is 89.7 Å².